The molecule has 3 aromatic rings. The number of nitrogens with zero attached hydrogens (tertiary/aromatic N) is 3. The van der Waals surface area contributed by atoms with Gasteiger partial charge in [-0.3, -0.25) is 4.79 Å². The molecule has 0 bridgehead atoms. The van der Waals surface area contributed by atoms with Gasteiger partial charge in [-0.15, -0.1) is 0 Å². The molecule has 0 N–H and O–H groups in total. The van der Waals surface area contributed by atoms with Crippen molar-refractivity contribution in [3.63, 3.8) is 0 Å². The molecule has 1 aromatic heterocycles. The fraction of sp³-hybridized carbons (Fsp3) is 0.118. The van der Waals surface area contributed by atoms with Crippen LogP contribution in [0.2, 0.25) is 5.02 Å². The normalized spacial score (nSPS) is 10.7. The molecule has 3 rings (SSSR count). The molecule has 0 fully saturated rings. The van der Waals surface area contributed by atoms with Crippen LogP contribution in [0.25, 0.3) is 11.4 Å². The summed E-state index contributed by atoms with van der Waals surface area (Å²) in [6.45, 7) is 0.0574. The Balaban J connectivity index is 1.75. The van der Waals surface area contributed by atoms with Crippen LogP contribution in [0, 0.1) is 5.82 Å². The van der Waals surface area contributed by atoms with Crippen LogP contribution in [0.3, 0.4) is 0 Å². The molecule has 0 spiro atoms. The third kappa shape index (κ3) is 4.05. The second-order valence-electron chi connectivity index (χ2n) is 5.31. The van der Waals surface area contributed by atoms with Crippen LogP contribution >= 0.6 is 27.5 Å². The van der Waals surface area contributed by atoms with Crippen molar-refractivity contribution in [2.24, 2.45) is 0 Å². The maximum absolute atomic E-state index is 13.9. The van der Waals surface area contributed by atoms with E-state index in [1.54, 1.807) is 0 Å². The van der Waals surface area contributed by atoms with Crippen LogP contribution in [0.15, 0.2) is 51.5 Å². The van der Waals surface area contributed by atoms with Crippen molar-refractivity contribution >= 4 is 33.4 Å². The number of carbonyl (C=O) groups excluding carboxylic acids is 1. The summed E-state index contributed by atoms with van der Waals surface area (Å²) >= 11 is 9.08. The maximum atomic E-state index is 13.9. The molecule has 0 atom stereocenters. The van der Waals surface area contributed by atoms with Gasteiger partial charge >= 0.3 is 0 Å². The first-order chi connectivity index (χ1) is 11.9. The molecule has 0 radical (unpaired) electrons. The second-order valence-corrected chi connectivity index (χ2v) is 6.66. The average Bonchev–Trinajstić information content (AvgIpc) is 3.03. The molecule has 0 aliphatic heterocycles. The number of benzene rings is 2. The van der Waals surface area contributed by atoms with Gasteiger partial charge in [-0.05, 0) is 30.3 Å². The molecule has 0 unspecified atom stereocenters. The maximum Gasteiger partial charge on any atom is 0.257 e. The fourth-order valence-electron chi connectivity index (χ4n) is 2.21. The Kier molecular flexibility index (Phi) is 5.15. The Morgan fingerprint density at radius 1 is 1.32 bits per heavy atom. The van der Waals surface area contributed by atoms with Gasteiger partial charge in [-0.1, -0.05) is 44.8 Å². The van der Waals surface area contributed by atoms with Gasteiger partial charge in [0.15, 0.2) is 0 Å². The van der Waals surface area contributed by atoms with E-state index in [4.69, 9.17) is 16.1 Å². The van der Waals surface area contributed by atoms with Gasteiger partial charge in [0, 0.05) is 22.1 Å². The predicted molar refractivity (Wildman–Crippen MR) is 94.6 cm³/mol. The molecule has 2 aromatic carbocycles. The van der Waals surface area contributed by atoms with Crippen LogP contribution in [-0.2, 0) is 6.54 Å². The van der Waals surface area contributed by atoms with E-state index in [-0.39, 0.29) is 23.0 Å². The van der Waals surface area contributed by atoms with E-state index in [0.29, 0.717) is 5.82 Å². The van der Waals surface area contributed by atoms with Crippen molar-refractivity contribution in [1.82, 2.24) is 15.0 Å². The molecule has 8 heteroatoms. The lowest BCUT2D eigenvalue weighted by Crippen LogP contribution is -2.27. The molecule has 25 heavy (non-hydrogen) atoms. The van der Waals surface area contributed by atoms with E-state index >= 15 is 0 Å². The first-order valence-electron chi connectivity index (χ1n) is 7.23. The van der Waals surface area contributed by atoms with Gasteiger partial charge < -0.3 is 9.42 Å². The topological polar surface area (TPSA) is 59.2 Å². The van der Waals surface area contributed by atoms with Crippen LogP contribution in [-0.4, -0.2) is 28.0 Å². The third-order valence-electron chi connectivity index (χ3n) is 3.43. The first-order valence-corrected chi connectivity index (χ1v) is 8.40. The minimum absolute atomic E-state index is 0.0574. The zero-order chi connectivity index (χ0) is 18.0. The number of aromatic nitrogens is 2. The van der Waals surface area contributed by atoms with Crippen LogP contribution in [0.5, 0.6) is 0 Å². The number of hydrogen-bond acceptors (Lipinski definition) is 4. The number of amides is 1. The molecule has 0 aliphatic carbocycles. The van der Waals surface area contributed by atoms with Gasteiger partial charge in [-0.25, -0.2) is 4.39 Å². The van der Waals surface area contributed by atoms with Crippen molar-refractivity contribution < 1.29 is 13.7 Å². The highest BCUT2D eigenvalue weighted by Crippen LogP contribution is 2.21. The highest BCUT2D eigenvalue weighted by atomic mass is 79.9. The first kappa shape index (κ1) is 17.6. The molecule has 0 saturated carbocycles. The van der Waals surface area contributed by atoms with Crippen molar-refractivity contribution in [2.45, 2.75) is 6.54 Å². The molecule has 1 heterocycles. The van der Waals surface area contributed by atoms with Crippen molar-refractivity contribution in [3.8, 4) is 11.4 Å². The van der Waals surface area contributed by atoms with E-state index in [0.717, 1.165) is 16.1 Å². The number of rotatable bonds is 4. The van der Waals surface area contributed by atoms with Crippen LogP contribution < -0.4 is 0 Å². The summed E-state index contributed by atoms with van der Waals surface area (Å²) in [5, 5.41) is 4.13. The summed E-state index contributed by atoms with van der Waals surface area (Å²) in [6.07, 6.45) is 0. The van der Waals surface area contributed by atoms with Gasteiger partial charge in [0.25, 0.3) is 5.91 Å². The molecule has 128 valence electrons. The molecule has 1 amide bonds. The third-order valence-corrected chi connectivity index (χ3v) is 4.16. The summed E-state index contributed by atoms with van der Waals surface area (Å²) in [7, 11) is 1.53. The van der Waals surface area contributed by atoms with E-state index in [1.165, 1.54) is 24.1 Å². The Hall–Kier alpha value is -2.25. The Labute approximate surface area is 156 Å². The zero-order valence-electron chi connectivity index (χ0n) is 13.0. The van der Waals surface area contributed by atoms with E-state index in [2.05, 4.69) is 26.1 Å². The summed E-state index contributed by atoms with van der Waals surface area (Å²) < 4.78 is 19.9. The molecule has 5 nitrogen and oxygen atoms in total. The smallest absolute Gasteiger partial charge is 0.257 e. The second kappa shape index (κ2) is 7.33. The highest BCUT2D eigenvalue weighted by molar-refractivity contribution is 9.10. The number of halogens is 3. The van der Waals surface area contributed by atoms with Crippen LogP contribution in [0.1, 0.15) is 16.2 Å². The minimum atomic E-state index is -0.676. The van der Waals surface area contributed by atoms with E-state index < -0.39 is 11.7 Å². The number of carbonyl (C=O) groups is 1. The largest absolute Gasteiger partial charge is 0.337 e. The summed E-state index contributed by atoms with van der Waals surface area (Å²) in [5.41, 5.74) is 0.709. The Morgan fingerprint density at radius 2 is 2.12 bits per heavy atom. The quantitative estimate of drug-likeness (QED) is 0.616. The van der Waals surface area contributed by atoms with Crippen LogP contribution in [0.4, 0.5) is 4.39 Å². The van der Waals surface area contributed by atoms with Crippen molar-refractivity contribution in [3.05, 3.63) is 69.2 Å². The lowest BCUT2D eigenvalue weighted by atomic mass is 10.2. The minimum Gasteiger partial charge on any atom is -0.337 e. The predicted octanol–water partition coefficient (Wildman–Crippen LogP) is 4.56. The number of hydrogen-bond donors (Lipinski definition) is 0. The monoisotopic (exact) mass is 423 g/mol. The average molecular weight is 425 g/mol. The Bertz CT molecular complexity index is 932. The molecular weight excluding hydrogens is 413 g/mol. The Morgan fingerprint density at radius 3 is 2.84 bits per heavy atom. The standard InChI is InChI=1S/C17H12BrClFN3O2/c1-23(17(24)13-6-5-12(19)8-14(13)20)9-15-21-16(22-25-15)10-3-2-4-11(18)7-10/h2-8H,9H2,1H3. The SMILES string of the molecule is CN(Cc1nc(-c2cccc(Br)c2)no1)C(=O)c1ccc(Cl)cc1F. The summed E-state index contributed by atoms with van der Waals surface area (Å²) in [4.78, 5) is 17.9. The van der Waals surface area contributed by atoms with Gasteiger partial charge in [-0.2, -0.15) is 4.98 Å². The lowest BCUT2D eigenvalue weighted by Gasteiger charge is -2.15. The summed E-state index contributed by atoms with van der Waals surface area (Å²) in [5.74, 6) is -0.518. The fourth-order valence-corrected chi connectivity index (χ4v) is 2.77. The summed E-state index contributed by atoms with van der Waals surface area (Å²) in [6, 6.07) is 11.3. The van der Waals surface area contributed by atoms with Gasteiger partial charge in [0.2, 0.25) is 11.7 Å². The van der Waals surface area contributed by atoms with Gasteiger partial charge in [0.1, 0.15) is 5.82 Å². The molecule has 0 aliphatic rings. The lowest BCUT2D eigenvalue weighted by molar-refractivity contribution is 0.0765. The molecule has 0 saturated heterocycles. The zero-order valence-corrected chi connectivity index (χ0v) is 15.4. The van der Waals surface area contributed by atoms with E-state index in [9.17, 15) is 9.18 Å². The van der Waals surface area contributed by atoms with Crippen molar-refractivity contribution in [2.75, 3.05) is 7.05 Å². The van der Waals surface area contributed by atoms with Gasteiger partial charge in [0.05, 0.1) is 12.1 Å². The van der Waals surface area contributed by atoms with E-state index in [1.807, 2.05) is 24.3 Å². The van der Waals surface area contributed by atoms with Crippen molar-refractivity contribution in [1.29, 1.82) is 0 Å². The highest BCUT2D eigenvalue weighted by Gasteiger charge is 2.19. The molecular formula is C17H12BrClFN3O2.